The zero-order valence-corrected chi connectivity index (χ0v) is 12.0. The molecule has 0 spiro atoms. The van der Waals surface area contributed by atoms with Crippen LogP contribution >= 0.6 is 27.0 Å². The molecule has 5 N–H and O–H groups in total. The number of carboxylic acid groups (broad SMARTS) is 2. The lowest BCUT2D eigenvalue weighted by Gasteiger charge is -2.12. The Bertz CT molecular complexity index is 288. The molecule has 0 fully saturated rings. The number of amides is 1. The SMILES string of the molecule is CC[C@H](NC(=O)CC[C@H](N)C(=O)O)C(=O)O.S.S. The van der Waals surface area contributed by atoms with Crippen LogP contribution in [0.3, 0.4) is 0 Å². The highest BCUT2D eigenvalue weighted by Gasteiger charge is 2.19. The van der Waals surface area contributed by atoms with Gasteiger partial charge in [-0.15, -0.1) is 0 Å². The molecule has 0 aromatic rings. The Morgan fingerprint density at radius 2 is 1.67 bits per heavy atom. The number of carboxylic acids is 2. The zero-order chi connectivity index (χ0) is 12.7. The molecule has 0 aliphatic carbocycles. The Morgan fingerprint density at radius 1 is 1.17 bits per heavy atom. The van der Waals surface area contributed by atoms with Gasteiger partial charge in [0.2, 0.25) is 5.91 Å². The number of carbonyl (C=O) groups excluding carboxylic acids is 1. The monoisotopic (exact) mass is 300 g/mol. The van der Waals surface area contributed by atoms with Gasteiger partial charge in [-0.2, -0.15) is 27.0 Å². The summed E-state index contributed by atoms with van der Waals surface area (Å²) in [6, 6.07) is -2.04. The Hall–Kier alpha value is -0.930. The molecule has 0 unspecified atom stereocenters. The molecule has 0 radical (unpaired) electrons. The fourth-order valence-corrected chi connectivity index (χ4v) is 1.01. The summed E-state index contributed by atoms with van der Waals surface area (Å²) in [7, 11) is 0. The average molecular weight is 300 g/mol. The highest BCUT2D eigenvalue weighted by atomic mass is 32.1. The van der Waals surface area contributed by atoms with Crippen molar-refractivity contribution in [2.75, 3.05) is 0 Å². The molecule has 18 heavy (non-hydrogen) atoms. The molecule has 0 saturated carbocycles. The second-order valence-corrected chi connectivity index (χ2v) is 3.35. The van der Waals surface area contributed by atoms with E-state index in [1.807, 2.05) is 0 Å². The Morgan fingerprint density at radius 3 is 2.00 bits per heavy atom. The largest absolute Gasteiger partial charge is 0.480 e. The Kier molecular flexibility index (Phi) is 13.8. The predicted molar refractivity (Wildman–Crippen MR) is 75.5 cm³/mol. The maximum Gasteiger partial charge on any atom is 0.326 e. The van der Waals surface area contributed by atoms with Crippen molar-refractivity contribution >= 4 is 44.8 Å². The van der Waals surface area contributed by atoms with Gasteiger partial charge in [0.15, 0.2) is 0 Å². The minimum absolute atomic E-state index is 0. The fraction of sp³-hybridized carbons (Fsp3) is 0.667. The van der Waals surface area contributed by atoms with Gasteiger partial charge < -0.3 is 21.3 Å². The zero-order valence-electron chi connectivity index (χ0n) is 9.97. The molecule has 7 nitrogen and oxygen atoms in total. The first-order valence-electron chi connectivity index (χ1n) is 4.89. The van der Waals surface area contributed by atoms with Crippen LogP contribution in [-0.2, 0) is 14.4 Å². The van der Waals surface area contributed by atoms with Crippen LogP contribution in [0.4, 0.5) is 0 Å². The summed E-state index contributed by atoms with van der Waals surface area (Å²) in [5.41, 5.74) is 5.19. The number of nitrogens with two attached hydrogens (primary N) is 1. The minimum Gasteiger partial charge on any atom is -0.480 e. The van der Waals surface area contributed by atoms with Crippen molar-refractivity contribution in [3.05, 3.63) is 0 Å². The maximum atomic E-state index is 11.2. The molecule has 108 valence electrons. The van der Waals surface area contributed by atoms with Gasteiger partial charge in [-0.3, -0.25) is 9.59 Å². The summed E-state index contributed by atoms with van der Waals surface area (Å²) >= 11 is 0. The van der Waals surface area contributed by atoms with E-state index in [0.29, 0.717) is 0 Å². The van der Waals surface area contributed by atoms with E-state index in [4.69, 9.17) is 15.9 Å². The molecule has 0 saturated heterocycles. The van der Waals surface area contributed by atoms with Gasteiger partial charge in [0, 0.05) is 6.42 Å². The van der Waals surface area contributed by atoms with Crippen LogP contribution in [-0.4, -0.2) is 40.1 Å². The van der Waals surface area contributed by atoms with Gasteiger partial charge >= 0.3 is 11.9 Å². The average Bonchev–Trinajstić information content (AvgIpc) is 2.21. The van der Waals surface area contributed by atoms with Crippen LogP contribution in [0, 0.1) is 0 Å². The van der Waals surface area contributed by atoms with Gasteiger partial charge in [-0.25, -0.2) is 4.79 Å². The number of nitrogens with one attached hydrogen (secondary N) is 1. The van der Waals surface area contributed by atoms with Crippen molar-refractivity contribution in [1.82, 2.24) is 5.32 Å². The maximum absolute atomic E-state index is 11.2. The van der Waals surface area contributed by atoms with Crippen LogP contribution in [0.2, 0.25) is 0 Å². The summed E-state index contributed by atoms with van der Waals surface area (Å²) in [6.07, 6.45) is 0.153. The lowest BCUT2D eigenvalue weighted by Crippen LogP contribution is -2.41. The standard InChI is InChI=1S/C9H16N2O5.2H2S/c1-2-6(9(15)16)11-7(12)4-3-5(10)8(13)14;;/h5-6H,2-4,10H2,1H3,(H,11,12)(H,13,14)(H,15,16);2*1H2/t5-,6-;;/m0../s1. The van der Waals surface area contributed by atoms with Crippen molar-refractivity contribution in [3.8, 4) is 0 Å². The third-order valence-electron chi connectivity index (χ3n) is 2.04. The van der Waals surface area contributed by atoms with Gasteiger partial charge in [0.1, 0.15) is 12.1 Å². The van der Waals surface area contributed by atoms with Crippen molar-refractivity contribution in [3.63, 3.8) is 0 Å². The molecule has 0 aliphatic heterocycles. The molecular weight excluding hydrogens is 280 g/mol. The van der Waals surface area contributed by atoms with Crippen LogP contribution in [0.1, 0.15) is 26.2 Å². The Labute approximate surface area is 119 Å². The highest BCUT2D eigenvalue weighted by Crippen LogP contribution is 1.97. The number of rotatable bonds is 7. The van der Waals surface area contributed by atoms with E-state index < -0.39 is 29.9 Å². The molecular formula is C9H20N2O5S2. The van der Waals surface area contributed by atoms with E-state index in [2.05, 4.69) is 5.32 Å². The van der Waals surface area contributed by atoms with Crippen molar-refractivity contribution in [2.24, 2.45) is 5.73 Å². The second kappa shape index (κ2) is 11.2. The predicted octanol–water partition coefficient (Wildman–Crippen LogP) is -0.617. The Balaban J connectivity index is -0.00000112. The van der Waals surface area contributed by atoms with Crippen LogP contribution in [0.5, 0.6) is 0 Å². The summed E-state index contributed by atoms with van der Waals surface area (Å²) < 4.78 is 0. The summed E-state index contributed by atoms with van der Waals surface area (Å²) in [5, 5.41) is 19.4. The lowest BCUT2D eigenvalue weighted by atomic mass is 10.1. The van der Waals surface area contributed by atoms with Crippen molar-refractivity contribution in [2.45, 2.75) is 38.3 Å². The van der Waals surface area contributed by atoms with E-state index in [0.717, 1.165) is 0 Å². The van der Waals surface area contributed by atoms with E-state index in [1.165, 1.54) is 0 Å². The summed E-state index contributed by atoms with van der Waals surface area (Å²) in [6.45, 7) is 1.63. The van der Waals surface area contributed by atoms with Crippen LogP contribution < -0.4 is 11.1 Å². The molecule has 9 heteroatoms. The van der Waals surface area contributed by atoms with E-state index in [-0.39, 0.29) is 46.3 Å². The molecule has 0 heterocycles. The number of aliphatic carboxylic acids is 2. The summed E-state index contributed by atoms with van der Waals surface area (Å²) in [5.74, 6) is -2.80. The van der Waals surface area contributed by atoms with Gasteiger partial charge in [0.25, 0.3) is 0 Å². The smallest absolute Gasteiger partial charge is 0.326 e. The fourth-order valence-electron chi connectivity index (χ4n) is 1.01. The number of hydrogen-bond donors (Lipinski definition) is 4. The topological polar surface area (TPSA) is 130 Å². The van der Waals surface area contributed by atoms with Crippen LogP contribution in [0.25, 0.3) is 0 Å². The number of hydrogen-bond acceptors (Lipinski definition) is 4. The first-order valence-corrected chi connectivity index (χ1v) is 4.89. The van der Waals surface area contributed by atoms with Gasteiger partial charge in [-0.1, -0.05) is 6.92 Å². The van der Waals surface area contributed by atoms with Gasteiger partial charge in [-0.05, 0) is 12.8 Å². The summed E-state index contributed by atoms with van der Waals surface area (Å²) in [4.78, 5) is 32.1. The van der Waals surface area contributed by atoms with E-state index in [9.17, 15) is 14.4 Å². The first kappa shape index (κ1) is 22.3. The third-order valence-corrected chi connectivity index (χ3v) is 2.04. The second-order valence-electron chi connectivity index (χ2n) is 3.35. The van der Waals surface area contributed by atoms with E-state index in [1.54, 1.807) is 6.92 Å². The molecule has 0 rings (SSSR count). The molecule has 2 atom stereocenters. The number of carbonyl (C=O) groups is 3. The first-order chi connectivity index (χ1) is 7.38. The van der Waals surface area contributed by atoms with E-state index >= 15 is 0 Å². The lowest BCUT2D eigenvalue weighted by molar-refractivity contribution is -0.142. The highest BCUT2D eigenvalue weighted by molar-refractivity contribution is 7.59. The quantitative estimate of drug-likeness (QED) is 0.496. The molecule has 1 amide bonds. The normalized spacial score (nSPS) is 12.3. The molecule has 0 aromatic heterocycles. The molecule has 0 bridgehead atoms. The van der Waals surface area contributed by atoms with Crippen molar-refractivity contribution < 1.29 is 24.6 Å². The third kappa shape index (κ3) is 9.14. The minimum atomic E-state index is -1.18. The van der Waals surface area contributed by atoms with Crippen molar-refractivity contribution in [1.29, 1.82) is 0 Å². The molecule has 0 aromatic carbocycles. The molecule has 0 aliphatic rings. The van der Waals surface area contributed by atoms with Gasteiger partial charge in [0.05, 0.1) is 0 Å². The van der Waals surface area contributed by atoms with Crippen LogP contribution in [0.15, 0.2) is 0 Å².